The van der Waals surface area contributed by atoms with Gasteiger partial charge in [-0.3, -0.25) is 4.79 Å². The summed E-state index contributed by atoms with van der Waals surface area (Å²) in [5.41, 5.74) is 1.08. The minimum atomic E-state index is -4.09. The Kier molecular flexibility index (Phi) is 8.06. The van der Waals surface area contributed by atoms with Crippen LogP contribution in [0.1, 0.15) is 62.8 Å². The highest BCUT2D eigenvalue weighted by molar-refractivity contribution is 7.89. The van der Waals surface area contributed by atoms with Gasteiger partial charge in [0.2, 0.25) is 27.7 Å². The van der Waals surface area contributed by atoms with Crippen LogP contribution in [0.3, 0.4) is 0 Å². The van der Waals surface area contributed by atoms with Crippen LogP contribution in [0.5, 0.6) is 0 Å². The molecule has 198 valence electrons. The van der Waals surface area contributed by atoms with E-state index in [0.717, 1.165) is 22.7 Å². The van der Waals surface area contributed by atoms with Gasteiger partial charge in [-0.15, -0.1) is 0 Å². The topological polar surface area (TPSA) is 126 Å². The summed E-state index contributed by atoms with van der Waals surface area (Å²) in [6.07, 6.45) is 3.61. The molecule has 1 aliphatic carbocycles. The molecule has 1 aromatic carbocycles. The van der Waals surface area contributed by atoms with Gasteiger partial charge in [-0.05, 0) is 64.1 Å². The van der Waals surface area contributed by atoms with Crippen molar-refractivity contribution >= 4 is 16.0 Å². The standard InChI is InChI=1S/C24H32F2N4O5S/c1-16-7-8-20(36(33,34)30-14-4-5-19(30)23(31)32)18(15-16)22-28-21(35-29-22)6-2-3-13-27-17-9-11-24(25,26)12-10-17/h7-8,15,17,19,27H,2-6,9-14H2,1H3,(H,31,32)/t19-/m0/s1. The van der Waals surface area contributed by atoms with E-state index in [-0.39, 0.29) is 48.1 Å². The second kappa shape index (κ2) is 10.9. The maximum Gasteiger partial charge on any atom is 0.322 e. The minimum absolute atomic E-state index is 0.0455. The molecule has 2 heterocycles. The number of aliphatic carboxylic acids is 1. The monoisotopic (exact) mass is 526 g/mol. The number of carbonyl (C=O) groups is 1. The number of aromatic nitrogens is 2. The third-order valence-electron chi connectivity index (χ3n) is 6.89. The lowest BCUT2D eigenvalue weighted by Gasteiger charge is -2.28. The number of nitrogens with zero attached hydrogens (tertiary/aromatic N) is 3. The van der Waals surface area contributed by atoms with Crippen molar-refractivity contribution < 1.29 is 31.6 Å². The molecule has 2 fully saturated rings. The highest BCUT2D eigenvalue weighted by atomic mass is 32.2. The van der Waals surface area contributed by atoms with Crippen LogP contribution in [0.4, 0.5) is 8.78 Å². The molecule has 1 aliphatic heterocycles. The lowest BCUT2D eigenvalue weighted by Crippen LogP contribution is -2.40. The van der Waals surface area contributed by atoms with Crippen LogP contribution in [0.2, 0.25) is 0 Å². The Morgan fingerprint density at radius 1 is 1.25 bits per heavy atom. The van der Waals surface area contributed by atoms with Crippen LogP contribution in [0, 0.1) is 6.92 Å². The first kappa shape index (κ1) is 26.6. The number of aryl methyl sites for hydroxylation is 2. The van der Waals surface area contributed by atoms with Crippen molar-refractivity contribution in [1.29, 1.82) is 0 Å². The van der Waals surface area contributed by atoms with Gasteiger partial charge in [0, 0.05) is 37.4 Å². The number of carboxylic acids is 1. The van der Waals surface area contributed by atoms with E-state index in [4.69, 9.17) is 4.52 Å². The summed E-state index contributed by atoms with van der Waals surface area (Å²) in [6.45, 7) is 2.66. The second-order valence-corrected chi connectivity index (χ2v) is 11.5. The summed E-state index contributed by atoms with van der Waals surface area (Å²) in [5.74, 6) is -3.18. The van der Waals surface area contributed by atoms with Crippen LogP contribution >= 0.6 is 0 Å². The van der Waals surface area contributed by atoms with E-state index < -0.39 is 28.0 Å². The van der Waals surface area contributed by atoms with Crippen LogP contribution in [0.15, 0.2) is 27.6 Å². The van der Waals surface area contributed by atoms with Gasteiger partial charge in [0.25, 0.3) is 0 Å². The van der Waals surface area contributed by atoms with Crippen LogP contribution in [-0.4, -0.2) is 65.0 Å². The Balaban J connectivity index is 1.38. The highest BCUT2D eigenvalue weighted by Gasteiger charge is 2.41. The summed E-state index contributed by atoms with van der Waals surface area (Å²) in [7, 11) is -4.09. The quantitative estimate of drug-likeness (QED) is 0.448. The third-order valence-corrected chi connectivity index (χ3v) is 8.85. The zero-order valence-electron chi connectivity index (χ0n) is 20.3. The molecule has 0 amide bonds. The summed E-state index contributed by atoms with van der Waals surface area (Å²) in [4.78, 5) is 15.9. The number of unbranched alkanes of at least 4 members (excludes halogenated alkanes) is 1. The van der Waals surface area contributed by atoms with Crippen molar-refractivity contribution in [2.24, 2.45) is 0 Å². The average Bonchev–Trinajstić information content (AvgIpc) is 3.50. The average molecular weight is 527 g/mol. The van der Waals surface area contributed by atoms with Crippen molar-refractivity contribution in [3.8, 4) is 11.4 Å². The molecule has 9 nitrogen and oxygen atoms in total. The van der Waals surface area contributed by atoms with E-state index in [0.29, 0.717) is 38.1 Å². The van der Waals surface area contributed by atoms with Crippen LogP contribution in [0.25, 0.3) is 11.4 Å². The van der Waals surface area contributed by atoms with Gasteiger partial charge in [-0.25, -0.2) is 17.2 Å². The lowest BCUT2D eigenvalue weighted by molar-refractivity contribution is -0.140. The first-order chi connectivity index (χ1) is 17.1. The Morgan fingerprint density at radius 2 is 2.00 bits per heavy atom. The highest BCUT2D eigenvalue weighted by Crippen LogP contribution is 2.34. The summed E-state index contributed by atoms with van der Waals surface area (Å²) < 4.78 is 59.7. The molecule has 1 saturated heterocycles. The number of nitrogens with one attached hydrogen (secondary N) is 1. The second-order valence-electron chi connectivity index (χ2n) is 9.66. The van der Waals surface area contributed by atoms with Crippen LogP contribution < -0.4 is 5.32 Å². The maximum atomic E-state index is 13.4. The van der Waals surface area contributed by atoms with E-state index in [1.54, 1.807) is 12.1 Å². The fourth-order valence-corrected chi connectivity index (χ4v) is 6.68. The van der Waals surface area contributed by atoms with E-state index in [1.165, 1.54) is 6.07 Å². The first-order valence-corrected chi connectivity index (χ1v) is 13.8. The van der Waals surface area contributed by atoms with Gasteiger partial charge in [0.05, 0.1) is 4.90 Å². The molecule has 2 N–H and O–H groups in total. The molecule has 0 bridgehead atoms. The summed E-state index contributed by atoms with van der Waals surface area (Å²) in [6, 6.07) is 3.80. The largest absolute Gasteiger partial charge is 0.480 e. The molecule has 0 unspecified atom stereocenters. The molecule has 0 spiro atoms. The Hall–Kier alpha value is -2.44. The predicted molar refractivity (Wildman–Crippen MR) is 127 cm³/mol. The third kappa shape index (κ3) is 6.09. The molecule has 4 rings (SSSR count). The molecule has 1 saturated carbocycles. The first-order valence-electron chi connectivity index (χ1n) is 12.4. The zero-order chi connectivity index (χ0) is 25.9. The number of halogens is 2. The molecule has 2 aromatic rings. The molecule has 36 heavy (non-hydrogen) atoms. The fraction of sp³-hybridized carbons (Fsp3) is 0.625. The number of alkyl halides is 2. The molecule has 1 atom stereocenters. The number of benzene rings is 1. The molecule has 0 radical (unpaired) electrons. The Bertz CT molecular complexity index is 1180. The van der Waals surface area contributed by atoms with E-state index in [2.05, 4.69) is 15.5 Å². The zero-order valence-corrected chi connectivity index (χ0v) is 21.1. The smallest absolute Gasteiger partial charge is 0.322 e. The van der Waals surface area contributed by atoms with E-state index >= 15 is 0 Å². The van der Waals surface area contributed by atoms with Crippen molar-refractivity contribution in [2.45, 2.75) is 87.6 Å². The van der Waals surface area contributed by atoms with E-state index in [1.807, 2.05) is 6.92 Å². The molecule has 2 aliphatic rings. The molecule has 12 heteroatoms. The van der Waals surface area contributed by atoms with Crippen molar-refractivity contribution in [3.05, 3.63) is 29.7 Å². The Labute approximate surface area is 209 Å². The Morgan fingerprint density at radius 3 is 2.72 bits per heavy atom. The SMILES string of the molecule is Cc1ccc(S(=O)(=O)N2CCC[C@H]2C(=O)O)c(-c2noc(CCCCNC3CCC(F)(F)CC3)n2)c1. The fourth-order valence-electron chi connectivity index (χ4n) is 4.86. The number of rotatable bonds is 10. The lowest BCUT2D eigenvalue weighted by atomic mass is 9.92. The van der Waals surface area contributed by atoms with Crippen molar-refractivity contribution in [1.82, 2.24) is 19.8 Å². The normalized spacial score (nSPS) is 21.1. The minimum Gasteiger partial charge on any atom is -0.480 e. The number of hydrogen-bond donors (Lipinski definition) is 2. The van der Waals surface area contributed by atoms with Gasteiger partial charge in [-0.1, -0.05) is 16.8 Å². The molecular formula is C24H32F2N4O5S. The van der Waals surface area contributed by atoms with Crippen LogP contribution in [-0.2, 0) is 21.2 Å². The van der Waals surface area contributed by atoms with Gasteiger partial charge in [-0.2, -0.15) is 9.29 Å². The molecular weight excluding hydrogens is 494 g/mol. The van der Waals surface area contributed by atoms with Crippen molar-refractivity contribution in [2.75, 3.05) is 13.1 Å². The van der Waals surface area contributed by atoms with Gasteiger partial charge in [0.15, 0.2) is 0 Å². The summed E-state index contributed by atoms with van der Waals surface area (Å²) in [5, 5.41) is 16.8. The summed E-state index contributed by atoms with van der Waals surface area (Å²) >= 11 is 0. The molecule has 1 aromatic heterocycles. The number of sulfonamides is 1. The number of carboxylic acid groups (broad SMARTS) is 1. The van der Waals surface area contributed by atoms with Gasteiger partial charge in [0.1, 0.15) is 6.04 Å². The van der Waals surface area contributed by atoms with Crippen molar-refractivity contribution in [3.63, 3.8) is 0 Å². The van der Waals surface area contributed by atoms with Gasteiger partial charge >= 0.3 is 5.97 Å². The van der Waals surface area contributed by atoms with Gasteiger partial charge < -0.3 is 14.9 Å². The predicted octanol–water partition coefficient (Wildman–Crippen LogP) is 3.77. The number of hydrogen-bond acceptors (Lipinski definition) is 7. The maximum absolute atomic E-state index is 13.4. The van der Waals surface area contributed by atoms with E-state index in [9.17, 15) is 27.1 Å².